The lowest BCUT2D eigenvalue weighted by Crippen LogP contribution is -2.15. The Morgan fingerprint density at radius 1 is 1.00 bits per heavy atom. The Bertz CT molecular complexity index is 946. The third-order valence-corrected chi connectivity index (χ3v) is 4.16. The first-order valence-electron chi connectivity index (χ1n) is 8.82. The molecule has 0 bridgehead atoms. The van der Waals surface area contributed by atoms with Gasteiger partial charge in [0.2, 0.25) is 0 Å². The van der Waals surface area contributed by atoms with Crippen LogP contribution in [0.25, 0.3) is 21.8 Å². The molecule has 0 aliphatic rings. The second-order valence-electron chi connectivity index (χ2n) is 5.87. The minimum atomic E-state index is -0.329. The second kappa shape index (κ2) is 7.99. The molecule has 0 radical (unpaired) electrons. The summed E-state index contributed by atoms with van der Waals surface area (Å²) in [7, 11) is 0. The number of fused-ring (bicyclic) bond motifs is 3. The van der Waals surface area contributed by atoms with Crippen molar-refractivity contribution in [2.24, 2.45) is 0 Å². The molecule has 0 saturated heterocycles. The summed E-state index contributed by atoms with van der Waals surface area (Å²) in [6.07, 6.45) is 0.290. The minimum absolute atomic E-state index is 0.0691. The molecule has 0 aliphatic heterocycles. The van der Waals surface area contributed by atoms with Crippen molar-refractivity contribution in [1.29, 1.82) is 0 Å². The highest BCUT2D eigenvalue weighted by Crippen LogP contribution is 2.27. The number of carbonyl (C=O) groups excluding carboxylic acids is 2. The van der Waals surface area contributed by atoms with Crippen LogP contribution in [0.1, 0.15) is 26.1 Å². The maximum atomic E-state index is 12.0. The van der Waals surface area contributed by atoms with Crippen LogP contribution in [0.2, 0.25) is 0 Å². The highest BCUT2D eigenvalue weighted by molar-refractivity contribution is 6.04. The number of nitrogens with zero attached hydrogens (tertiary/aromatic N) is 2. The van der Waals surface area contributed by atoms with Crippen molar-refractivity contribution in [2.75, 3.05) is 13.2 Å². The fraction of sp³-hybridized carbons (Fsp3) is 0.350. The van der Waals surface area contributed by atoms with Gasteiger partial charge >= 0.3 is 11.9 Å². The van der Waals surface area contributed by atoms with Crippen LogP contribution < -0.4 is 0 Å². The van der Waals surface area contributed by atoms with E-state index in [9.17, 15) is 9.59 Å². The van der Waals surface area contributed by atoms with Crippen LogP contribution in [0.15, 0.2) is 36.4 Å². The molecule has 3 aromatic rings. The number of aryl methyl sites for hydroxylation is 1. The summed E-state index contributed by atoms with van der Waals surface area (Å²) in [6, 6.07) is 11.9. The van der Waals surface area contributed by atoms with Crippen molar-refractivity contribution in [3.8, 4) is 0 Å². The molecule has 0 spiro atoms. The maximum Gasteiger partial charge on any atom is 0.313 e. The number of ether oxygens (including phenoxy) is 2. The molecule has 0 amide bonds. The third-order valence-electron chi connectivity index (χ3n) is 4.16. The van der Waals surface area contributed by atoms with Gasteiger partial charge in [-0.05, 0) is 25.3 Å². The Kier molecular flexibility index (Phi) is 5.51. The molecule has 1 aromatic heterocycles. The van der Waals surface area contributed by atoms with E-state index in [0.717, 1.165) is 21.8 Å². The summed E-state index contributed by atoms with van der Waals surface area (Å²) in [5.74, 6) is 0.000249. The van der Waals surface area contributed by atoms with Crippen molar-refractivity contribution >= 4 is 33.7 Å². The lowest BCUT2D eigenvalue weighted by Gasteiger charge is -2.10. The van der Waals surface area contributed by atoms with Crippen LogP contribution in [0.4, 0.5) is 0 Å². The van der Waals surface area contributed by atoms with Crippen LogP contribution in [0.3, 0.4) is 0 Å². The quantitative estimate of drug-likeness (QED) is 0.609. The normalized spacial score (nSPS) is 11.0. The first-order valence-corrected chi connectivity index (χ1v) is 8.82. The standard InChI is InChI=1S/C20H22N2O4/c1-3-25-18(23)11-12-22-17(13-19(24)26-4-2)21-16-10-9-14-7-5-6-8-15(14)20(16)22/h5-10H,3-4,11-13H2,1-2H3. The van der Waals surface area contributed by atoms with Gasteiger partial charge in [-0.3, -0.25) is 9.59 Å². The lowest BCUT2D eigenvalue weighted by atomic mass is 10.1. The molecule has 0 fully saturated rings. The van der Waals surface area contributed by atoms with Gasteiger partial charge in [0.1, 0.15) is 12.2 Å². The van der Waals surface area contributed by atoms with E-state index in [0.29, 0.717) is 25.6 Å². The van der Waals surface area contributed by atoms with Gasteiger partial charge in [-0.15, -0.1) is 0 Å². The first-order chi connectivity index (χ1) is 12.6. The topological polar surface area (TPSA) is 70.4 Å². The predicted molar refractivity (Wildman–Crippen MR) is 98.8 cm³/mol. The molecule has 26 heavy (non-hydrogen) atoms. The second-order valence-corrected chi connectivity index (χ2v) is 5.87. The Balaban J connectivity index is 2.06. The molecule has 0 atom stereocenters. The average Bonchev–Trinajstić information content (AvgIpc) is 2.98. The van der Waals surface area contributed by atoms with E-state index >= 15 is 0 Å². The van der Waals surface area contributed by atoms with Crippen molar-refractivity contribution in [1.82, 2.24) is 9.55 Å². The van der Waals surface area contributed by atoms with Crippen molar-refractivity contribution in [3.05, 3.63) is 42.2 Å². The van der Waals surface area contributed by atoms with Crippen LogP contribution in [-0.4, -0.2) is 34.7 Å². The largest absolute Gasteiger partial charge is 0.466 e. The van der Waals surface area contributed by atoms with E-state index in [1.54, 1.807) is 13.8 Å². The molecule has 1 heterocycles. The van der Waals surface area contributed by atoms with Gasteiger partial charge in [0.25, 0.3) is 0 Å². The number of hydrogen-bond acceptors (Lipinski definition) is 5. The summed E-state index contributed by atoms with van der Waals surface area (Å²) in [5.41, 5.74) is 1.72. The molecule has 3 rings (SSSR count). The summed E-state index contributed by atoms with van der Waals surface area (Å²) in [6.45, 7) is 4.63. The molecular weight excluding hydrogens is 332 g/mol. The fourth-order valence-electron chi connectivity index (χ4n) is 3.10. The first kappa shape index (κ1) is 17.9. The van der Waals surface area contributed by atoms with E-state index in [4.69, 9.17) is 9.47 Å². The molecule has 136 valence electrons. The van der Waals surface area contributed by atoms with Crippen LogP contribution in [0.5, 0.6) is 0 Å². The Morgan fingerprint density at radius 3 is 2.50 bits per heavy atom. The van der Waals surface area contributed by atoms with E-state index in [2.05, 4.69) is 4.98 Å². The number of hydrogen-bond donors (Lipinski definition) is 0. The van der Waals surface area contributed by atoms with Gasteiger partial charge < -0.3 is 14.0 Å². The molecule has 6 heteroatoms. The summed E-state index contributed by atoms with van der Waals surface area (Å²) in [5, 5.41) is 2.12. The van der Waals surface area contributed by atoms with Gasteiger partial charge in [-0.1, -0.05) is 30.3 Å². The molecule has 6 nitrogen and oxygen atoms in total. The summed E-state index contributed by atoms with van der Waals surface area (Å²) in [4.78, 5) is 28.4. The molecule has 0 saturated carbocycles. The monoisotopic (exact) mass is 354 g/mol. The number of rotatable bonds is 7. The Hall–Kier alpha value is -2.89. The lowest BCUT2D eigenvalue weighted by molar-refractivity contribution is -0.143. The zero-order valence-electron chi connectivity index (χ0n) is 15.0. The van der Waals surface area contributed by atoms with Gasteiger partial charge in [0.15, 0.2) is 0 Å². The number of aromatic nitrogens is 2. The van der Waals surface area contributed by atoms with Crippen LogP contribution in [0, 0.1) is 0 Å². The maximum absolute atomic E-state index is 12.0. The van der Waals surface area contributed by atoms with E-state index in [1.165, 1.54) is 0 Å². The zero-order valence-corrected chi connectivity index (χ0v) is 15.0. The highest BCUT2D eigenvalue weighted by atomic mass is 16.5. The van der Waals surface area contributed by atoms with Crippen molar-refractivity contribution in [3.63, 3.8) is 0 Å². The van der Waals surface area contributed by atoms with E-state index in [-0.39, 0.29) is 24.8 Å². The van der Waals surface area contributed by atoms with E-state index < -0.39 is 0 Å². The molecular formula is C20H22N2O4. The Labute approximate surface area is 151 Å². The molecule has 0 aliphatic carbocycles. The van der Waals surface area contributed by atoms with Crippen molar-refractivity contribution < 1.29 is 19.1 Å². The van der Waals surface area contributed by atoms with Gasteiger partial charge in [0.05, 0.1) is 30.7 Å². The number of esters is 2. The van der Waals surface area contributed by atoms with Crippen LogP contribution >= 0.6 is 0 Å². The third kappa shape index (κ3) is 3.69. The van der Waals surface area contributed by atoms with Gasteiger partial charge in [0, 0.05) is 11.9 Å². The van der Waals surface area contributed by atoms with Gasteiger partial charge in [-0.25, -0.2) is 4.98 Å². The van der Waals surface area contributed by atoms with E-state index in [1.807, 2.05) is 41.0 Å². The predicted octanol–water partition coefficient (Wildman–Crippen LogP) is 3.25. The summed E-state index contributed by atoms with van der Waals surface area (Å²) >= 11 is 0. The van der Waals surface area contributed by atoms with Gasteiger partial charge in [-0.2, -0.15) is 0 Å². The SMILES string of the molecule is CCOC(=O)CCn1c(CC(=O)OCC)nc2ccc3ccccc3c21. The molecule has 0 N–H and O–H groups in total. The Morgan fingerprint density at radius 2 is 1.73 bits per heavy atom. The summed E-state index contributed by atoms with van der Waals surface area (Å²) < 4.78 is 12.0. The number of carbonyl (C=O) groups is 2. The highest BCUT2D eigenvalue weighted by Gasteiger charge is 2.17. The molecule has 0 unspecified atom stereocenters. The average molecular weight is 354 g/mol. The molecule has 2 aromatic carbocycles. The van der Waals surface area contributed by atoms with Crippen LogP contribution in [-0.2, 0) is 32.0 Å². The van der Waals surface area contributed by atoms with Crippen molar-refractivity contribution in [2.45, 2.75) is 33.2 Å². The zero-order chi connectivity index (χ0) is 18.5. The minimum Gasteiger partial charge on any atom is -0.466 e. The smallest absolute Gasteiger partial charge is 0.313 e. The number of imidazole rings is 1. The fourth-order valence-corrected chi connectivity index (χ4v) is 3.10. The number of benzene rings is 2.